The van der Waals surface area contributed by atoms with Gasteiger partial charge in [-0.05, 0) is 75.0 Å². The predicted molar refractivity (Wildman–Crippen MR) is 111 cm³/mol. The third-order valence-corrected chi connectivity index (χ3v) is 5.92. The van der Waals surface area contributed by atoms with Gasteiger partial charge in [-0.3, -0.25) is 0 Å². The molecule has 0 radical (unpaired) electrons. The van der Waals surface area contributed by atoms with Crippen LogP contribution in [0.1, 0.15) is 68.1 Å². The van der Waals surface area contributed by atoms with E-state index in [1.54, 1.807) is 12.1 Å². The summed E-state index contributed by atoms with van der Waals surface area (Å²) in [6.07, 6.45) is 7.13. The van der Waals surface area contributed by atoms with Crippen molar-refractivity contribution in [3.8, 4) is 11.8 Å². The van der Waals surface area contributed by atoms with Gasteiger partial charge in [-0.25, -0.2) is 8.78 Å². The molecule has 31 heavy (non-hydrogen) atoms. The summed E-state index contributed by atoms with van der Waals surface area (Å²) >= 11 is 0. The summed E-state index contributed by atoms with van der Waals surface area (Å²) in [4.78, 5) is 0. The summed E-state index contributed by atoms with van der Waals surface area (Å²) in [5, 5.41) is 8.68. The van der Waals surface area contributed by atoms with Crippen molar-refractivity contribution >= 4 is 0 Å². The molecule has 3 rings (SSSR count). The Bertz CT molecular complexity index is 931. The number of hydrogen-bond acceptors (Lipinski definition) is 2. The van der Waals surface area contributed by atoms with Gasteiger partial charge in [-0.15, -0.1) is 0 Å². The fourth-order valence-electron chi connectivity index (χ4n) is 4.15. The van der Waals surface area contributed by atoms with Crippen LogP contribution in [0.2, 0.25) is 0 Å². The van der Waals surface area contributed by atoms with E-state index < -0.39 is 34.6 Å². The average Bonchev–Trinajstić information content (AvgIpc) is 2.74. The first kappa shape index (κ1) is 22.9. The van der Waals surface area contributed by atoms with Crippen molar-refractivity contribution in [2.45, 2.75) is 57.5 Å². The summed E-state index contributed by atoms with van der Waals surface area (Å²) in [6.45, 7) is 2.02. The molecule has 6 heteroatoms. The molecule has 0 unspecified atom stereocenters. The first-order valence-corrected chi connectivity index (χ1v) is 10.5. The van der Waals surface area contributed by atoms with E-state index in [2.05, 4.69) is 16.9 Å². The maximum Gasteiger partial charge on any atom is 0.426 e. The number of ether oxygens (including phenoxy) is 1. The number of rotatable bonds is 7. The van der Waals surface area contributed by atoms with E-state index in [-0.39, 0.29) is 0 Å². The first-order chi connectivity index (χ1) is 14.8. The van der Waals surface area contributed by atoms with E-state index in [1.165, 1.54) is 24.6 Å². The Kier molecular flexibility index (Phi) is 7.37. The zero-order valence-corrected chi connectivity index (χ0v) is 17.4. The molecule has 0 bridgehead atoms. The molecule has 2 aromatic rings. The summed E-state index contributed by atoms with van der Waals surface area (Å²) in [6, 6.07) is 8.45. The topological polar surface area (TPSA) is 33.0 Å². The molecule has 0 aromatic heterocycles. The lowest BCUT2D eigenvalue weighted by Crippen LogP contribution is -2.22. The molecule has 1 fully saturated rings. The van der Waals surface area contributed by atoms with Crippen LogP contribution in [0.25, 0.3) is 0 Å². The number of hydrogen-bond donors (Lipinski definition) is 0. The molecule has 0 heterocycles. The van der Waals surface area contributed by atoms with Gasteiger partial charge in [-0.2, -0.15) is 14.0 Å². The Morgan fingerprint density at radius 3 is 2.23 bits per heavy atom. The number of benzene rings is 2. The van der Waals surface area contributed by atoms with Gasteiger partial charge in [0.25, 0.3) is 0 Å². The van der Waals surface area contributed by atoms with Gasteiger partial charge in [0, 0.05) is 12.1 Å². The van der Waals surface area contributed by atoms with Crippen LogP contribution in [0.15, 0.2) is 48.6 Å². The zero-order valence-electron chi connectivity index (χ0n) is 17.4. The van der Waals surface area contributed by atoms with E-state index in [4.69, 9.17) is 5.26 Å². The van der Waals surface area contributed by atoms with Crippen LogP contribution >= 0.6 is 0 Å². The van der Waals surface area contributed by atoms with E-state index in [0.29, 0.717) is 18.1 Å². The molecule has 0 spiro atoms. The normalized spacial score (nSPS) is 19.4. The van der Waals surface area contributed by atoms with Crippen molar-refractivity contribution in [1.82, 2.24) is 0 Å². The van der Waals surface area contributed by atoms with Gasteiger partial charge in [0.1, 0.15) is 29.0 Å². The highest BCUT2D eigenvalue weighted by molar-refractivity contribution is 5.38. The molecule has 1 aliphatic carbocycles. The molecule has 0 atom stereocenters. The Morgan fingerprint density at radius 1 is 1.06 bits per heavy atom. The monoisotopic (exact) mass is 431 g/mol. The van der Waals surface area contributed by atoms with E-state index in [1.807, 2.05) is 6.92 Å². The van der Waals surface area contributed by atoms with Crippen molar-refractivity contribution in [1.29, 1.82) is 5.26 Å². The molecular formula is C25H25F4NO. The molecule has 2 aromatic carbocycles. The Morgan fingerprint density at radius 2 is 1.68 bits per heavy atom. The second kappa shape index (κ2) is 10.00. The van der Waals surface area contributed by atoms with Crippen LogP contribution in [-0.4, -0.2) is 0 Å². The molecule has 164 valence electrons. The smallest absolute Gasteiger partial charge is 0.426 e. The largest absolute Gasteiger partial charge is 0.429 e. The zero-order chi connectivity index (χ0) is 22.4. The number of allylic oxidation sites excluding steroid dienone is 2. The van der Waals surface area contributed by atoms with Crippen LogP contribution in [0, 0.1) is 28.9 Å². The lowest BCUT2D eigenvalue weighted by atomic mass is 9.77. The van der Waals surface area contributed by atoms with Crippen LogP contribution in [0.4, 0.5) is 17.6 Å². The van der Waals surface area contributed by atoms with Gasteiger partial charge in [0.05, 0.1) is 5.56 Å². The predicted octanol–water partition coefficient (Wildman–Crippen LogP) is 7.59. The van der Waals surface area contributed by atoms with E-state index in [9.17, 15) is 17.6 Å². The van der Waals surface area contributed by atoms with Gasteiger partial charge in [0.2, 0.25) is 0 Å². The molecule has 0 aliphatic heterocycles. The van der Waals surface area contributed by atoms with Crippen molar-refractivity contribution in [3.05, 3.63) is 76.9 Å². The quantitative estimate of drug-likeness (QED) is 0.334. The van der Waals surface area contributed by atoms with Crippen LogP contribution in [0.5, 0.6) is 5.75 Å². The Hall–Kier alpha value is -2.81. The molecule has 0 amide bonds. The minimum absolute atomic E-state index is 0.350. The SMILES string of the molecule is CC=CCC[C@H]1CC[C@H](c2ccc(C(F)(F)Oc3cc(F)c(C#N)c(F)c3)cc2)CC1. The van der Waals surface area contributed by atoms with E-state index >= 15 is 0 Å². The lowest BCUT2D eigenvalue weighted by Gasteiger charge is -2.29. The fraction of sp³-hybridized carbons (Fsp3) is 0.400. The fourth-order valence-corrected chi connectivity index (χ4v) is 4.15. The summed E-state index contributed by atoms with van der Waals surface area (Å²) in [5.74, 6) is -2.10. The average molecular weight is 431 g/mol. The number of alkyl halides is 2. The lowest BCUT2D eigenvalue weighted by molar-refractivity contribution is -0.185. The van der Waals surface area contributed by atoms with Gasteiger partial charge in [0.15, 0.2) is 0 Å². The van der Waals surface area contributed by atoms with Crippen molar-refractivity contribution in [3.63, 3.8) is 0 Å². The summed E-state index contributed by atoms with van der Waals surface area (Å²) in [7, 11) is 0. The molecule has 0 saturated heterocycles. The molecule has 2 nitrogen and oxygen atoms in total. The minimum atomic E-state index is -3.77. The summed E-state index contributed by atoms with van der Waals surface area (Å²) in [5.41, 5.74) is -0.222. The van der Waals surface area contributed by atoms with Gasteiger partial charge in [-0.1, -0.05) is 24.3 Å². The molecule has 1 saturated carbocycles. The molecule has 1 aliphatic rings. The minimum Gasteiger partial charge on any atom is -0.429 e. The third-order valence-electron chi connectivity index (χ3n) is 5.92. The second-order valence-electron chi connectivity index (χ2n) is 7.98. The maximum atomic E-state index is 14.5. The summed E-state index contributed by atoms with van der Waals surface area (Å²) < 4.78 is 61.0. The first-order valence-electron chi connectivity index (χ1n) is 10.5. The van der Waals surface area contributed by atoms with Crippen LogP contribution < -0.4 is 4.74 Å². The van der Waals surface area contributed by atoms with Gasteiger partial charge < -0.3 is 4.74 Å². The van der Waals surface area contributed by atoms with Crippen LogP contribution in [-0.2, 0) is 6.11 Å². The van der Waals surface area contributed by atoms with Crippen LogP contribution in [0.3, 0.4) is 0 Å². The molecule has 0 N–H and O–H groups in total. The number of nitriles is 1. The third kappa shape index (κ3) is 5.66. The molecular weight excluding hydrogens is 406 g/mol. The highest BCUT2D eigenvalue weighted by atomic mass is 19.3. The van der Waals surface area contributed by atoms with E-state index in [0.717, 1.165) is 43.6 Å². The van der Waals surface area contributed by atoms with Gasteiger partial charge >= 0.3 is 6.11 Å². The highest BCUT2D eigenvalue weighted by Gasteiger charge is 2.35. The number of halogens is 4. The Balaban J connectivity index is 1.64. The van der Waals surface area contributed by atoms with Crippen molar-refractivity contribution in [2.75, 3.05) is 0 Å². The Labute approximate surface area is 180 Å². The standard InChI is InChI=1S/C25H25F4NO/c1-2-3-4-5-17-6-8-18(9-7-17)19-10-12-20(13-11-19)25(28,29)31-21-14-23(26)22(16-30)24(27)15-21/h2-3,10-15,17-18H,4-9H2,1H3/t17-,18-. The maximum absolute atomic E-state index is 14.5. The van der Waals surface area contributed by atoms with Crippen molar-refractivity contribution < 1.29 is 22.3 Å². The highest BCUT2D eigenvalue weighted by Crippen LogP contribution is 2.39. The van der Waals surface area contributed by atoms with Crippen molar-refractivity contribution in [2.24, 2.45) is 5.92 Å². The number of nitrogens with zero attached hydrogens (tertiary/aromatic N) is 1. The second-order valence-corrected chi connectivity index (χ2v) is 7.98.